The van der Waals surface area contributed by atoms with Gasteiger partial charge < -0.3 is 10.4 Å². The monoisotopic (exact) mass is 387 g/mol. The van der Waals surface area contributed by atoms with Gasteiger partial charge in [-0.15, -0.1) is 11.3 Å². The number of aromatic nitrogens is 2. The first kappa shape index (κ1) is 17.7. The molecule has 2 heterocycles. The Hall–Kier alpha value is -2.74. The predicted octanol–water partition coefficient (Wildman–Crippen LogP) is 3.66. The molecule has 8 heteroatoms. The van der Waals surface area contributed by atoms with Crippen molar-refractivity contribution in [2.45, 2.75) is 38.1 Å². The highest BCUT2D eigenvalue weighted by Gasteiger charge is 2.40. The summed E-state index contributed by atoms with van der Waals surface area (Å²) in [6.07, 6.45) is 2.21. The van der Waals surface area contributed by atoms with Crippen LogP contribution in [0.5, 0.6) is 0 Å². The summed E-state index contributed by atoms with van der Waals surface area (Å²) in [4.78, 5) is 25.1. The van der Waals surface area contributed by atoms with Gasteiger partial charge in [0.15, 0.2) is 0 Å². The van der Waals surface area contributed by atoms with Crippen molar-refractivity contribution in [3.63, 3.8) is 0 Å². The summed E-state index contributed by atoms with van der Waals surface area (Å²) in [7, 11) is 0. The fraction of sp³-hybridized carbons (Fsp3) is 0.316. The van der Waals surface area contributed by atoms with Crippen LogP contribution in [0.25, 0.3) is 15.9 Å². The van der Waals surface area contributed by atoms with Crippen LogP contribution in [0.3, 0.4) is 0 Å². The minimum absolute atomic E-state index is 0.0635. The fourth-order valence-electron chi connectivity index (χ4n) is 3.46. The van der Waals surface area contributed by atoms with Gasteiger partial charge in [-0.1, -0.05) is 0 Å². The van der Waals surface area contributed by atoms with Crippen LogP contribution in [-0.2, 0) is 4.79 Å². The van der Waals surface area contributed by atoms with Crippen LogP contribution in [-0.4, -0.2) is 32.3 Å². The second-order valence-corrected chi connectivity index (χ2v) is 7.99. The minimum atomic E-state index is -0.908. The number of benzene rings is 1. The Kier molecular flexibility index (Phi) is 4.22. The fourth-order valence-corrected chi connectivity index (χ4v) is 4.54. The summed E-state index contributed by atoms with van der Waals surface area (Å²) >= 11 is 1.29. The van der Waals surface area contributed by atoms with Gasteiger partial charge in [0, 0.05) is 5.39 Å². The van der Waals surface area contributed by atoms with Crippen molar-refractivity contribution < 1.29 is 19.1 Å². The molecule has 1 fully saturated rings. The molecule has 1 aliphatic carbocycles. The average molecular weight is 387 g/mol. The highest BCUT2D eigenvalue weighted by atomic mass is 32.1. The number of rotatable bonds is 5. The maximum atomic E-state index is 13.2. The van der Waals surface area contributed by atoms with E-state index in [0.717, 1.165) is 22.3 Å². The molecule has 1 aromatic carbocycles. The number of amides is 1. The van der Waals surface area contributed by atoms with Gasteiger partial charge in [-0.2, -0.15) is 5.10 Å². The van der Waals surface area contributed by atoms with Gasteiger partial charge in [0.05, 0.1) is 28.2 Å². The lowest BCUT2D eigenvalue weighted by Crippen LogP contribution is -2.54. The Balaban J connectivity index is 1.65. The number of thiophene rings is 1. The minimum Gasteiger partial charge on any atom is -0.481 e. The highest BCUT2D eigenvalue weighted by molar-refractivity contribution is 7.20. The summed E-state index contributed by atoms with van der Waals surface area (Å²) < 4.78 is 14.9. The molecule has 0 radical (unpaired) electrons. The molecule has 2 N–H and O–H groups in total. The third-order valence-corrected chi connectivity index (χ3v) is 6.13. The first-order valence-electron chi connectivity index (χ1n) is 8.66. The average Bonchev–Trinajstić information content (AvgIpc) is 3.14. The van der Waals surface area contributed by atoms with E-state index >= 15 is 0 Å². The van der Waals surface area contributed by atoms with Crippen molar-refractivity contribution in [2.75, 3.05) is 0 Å². The van der Waals surface area contributed by atoms with Gasteiger partial charge in [0.25, 0.3) is 5.91 Å². The van der Waals surface area contributed by atoms with E-state index in [1.54, 1.807) is 22.9 Å². The van der Waals surface area contributed by atoms with Crippen molar-refractivity contribution in [3.8, 4) is 5.69 Å². The molecular formula is C19H18FN3O3S. The lowest BCUT2D eigenvalue weighted by molar-refractivity contribution is -0.139. The van der Waals surface area contributed by atoms with Crippen molar-refractivity contribution >= 4 is 33.4 Å². The quantitative estimate of drug-likeness (QED) is 0.700. The van der Waals surface area contributed by atoms with Crippen LogP contribution < -0.4 is 5.32 Å². The third kappa shape index (κ3) is 3.21. The third-order valence-electron chi connectivity index (χ3n) is 5.02. The molecule has 1 aliphatic rings. The highest BCUT2D eigenvalue weighted by Crippen LogP contribution is 2.36. The molecule has 0 atom stereocenters. The van der Waals surface area contributed by atoms with Crippen molar-refractivity contribution in [3.05, 3.63) is 46.7 Å². The van der Waals surface area contributed by atoms with E-state index in [4.69, 9.17) is 5.11 Å². The van der Waals surface area contributed by atoms with Gasteiger partial charge in [0.1, 0.15) is 10.6 Å². The Labute approximate surface area is 158 Å². The van der Waals surface area contributed by atoms with E-state index in [1.165, 1.54) is 23.5 Å². The van der Waals surface area contributed by atoms with Crippen LogP contribution >= 0.6 is 11.3 Å². The Morgan fingerprint density at radius 3 is 2.63 bits per heavy atom. The van der Waals surface area contributed by atoms with E-state index in [9.17, 15) is 14.0 Å². The summed E-state index contributed by atoms with van der Waals surface area (Å²) in [6.45, 7) is 1.86. The first-order chi connectivity index (χ1) is 12.9. The molecule has 0 spiro atoms. The zero-order valence-electron chi connectivity index (χ0n) is 14.7. The molecule has 1 amide bonds. The smallest absolute Gasteiger partial charge is 0.305 e. The number of carbonyl (C=O) groups is 2. The number of carboxylic acids is 1. The zero-order valence-corrected chi connectivity index (χ0v) is 15.5. The standard InChI is InChI=1S/C19H18FN3O3S/c1-11-14-9-15(17(26)21-19(7-2-8-19)10-16(24)25)27-18(14)23(22-11)13-5-3-12(20)4-6-13/h3-6,9H,2,7-8,10H2,1H3,(H,21,26)(H,24,25). The molecule has 1 saturated carbocycles. The second kappa shape index (κ2) is 6.45. The number of carboxylic acid groups (broad SMARTS) is 1. The topological polar surface area (TPSA) is 84.2 Å². The van der Waals surface area contributed by atoms with Crippen LogP contribution in [0.2, 0.25) is 0 Å². The molecule has 140 valence electrons. The number of nitrogens with zero attached hydrogens (tertiary/aromatic N) is 2. The number of halogens is 1. The summed E-state index contributed by atoms with van der Waals surface area (Å²) in [5.74, 6) is -1.49. The van der Waals surface area contributed by atoms with Crippen LogP contribution in [0, 0.1) is 12.7 Å². The number of nitrogens with one attached hydrogen (secondary N) is 1. The van der Waals surface area contributed by atoms with E-state index in [-0.39, 0.29) is 18.1 Å². The molecule has 0 aliphatic heterocycles. The lowest BCUT2D eigenvalue weighted by atomic mass is 9.74. The first-order valence-corrected chi connectivity index (χ1v) is 9.48. The molecule has 0 unspecified atom stereocenters. The van der Waals surface area contributed by atoms with E-state index in [2.05, 4.69) is 10.4 Å². The summed E-state index contributed by atoms with van der Waals surface area (Å²) in [5, 5.41) is 17.4. The molecule has 3 aromatic rings. The van der Waals surface area contributed by atoms with Gasteiger partial charge in [-0.25, -0.2) is 9.07 Å². The Morgan fingerprint density at radius 1 is 1.33 bits per heavy atom. The number of aryl methyl sites for hydroxylation is 1. The van der Waals surface area contributed by atoms with Crippen molar-refractivity contribution in [2.24, 2.45) is 0 Å². The molecule has 6 nitrogen and oxygen atoms in total. The second-order valence-electron chi connectivity index (χ2n) is 6.96. The summed E-state index contributed by atoms with van der Waals surface area (Å²) in [6, 6.07) is 7.79. The predicted molar refractivity (Wildman–Crippen MR) is 99.9 cm³/mol. The maximum absolute atomic E-state index is 13.2. The number of hydrogen-bond acceptors (Lipinski definition) is 4. The molecule has 4 rings (SSSR count). The SMILES string of the molecule is Cc1nn(-c2ccc(F)cc2)c2sc(C(=O)NC3(CC(=O)O)CCC3)cc12. The number of carbonyl (C=O) groups excluding carboxylic acids is 1. The van der Waals surface area contributed by atoms with Crippen LogP contribution in [0.4, 0.5) is 4.39 Å². The van der Waals surface area contributed by atoms with Gasteiger partial charge in [-0.05, 0) is 56.5 Å². The van der Waals surface area contributed by atoms with Gasteiger partial charge in [-0.3, -0.25) is 9.59 Å². The molecule has 27 heavy (non-hydrogen) atoms. The van der Waals surface area contributed by atoms with E-state index < -0.39 is 11.5 Å². The number of hydrogen-bond donors (Lipinski definition) is 2. The van der Waals surface area contributed by atoms with E-state index in [0.29, 0.717) is 23.4 Å². The molecule has 0 saturated heterocycles. The number of fused-ring (bicyclic) bond motifs is 1. The zero-order chi connectivity index (χ0) is 19.2. The Bertz CT molecular complexity index is 1030. The molecular weight excluding hydrogens is 369 g/mol. The molecule has 0 bridgehead atoms. The molecule has 2 aromatic heterocycles. The largest absolute Gasteiger partial charge is 0.481 e. The maximum Gasteiger partial charge on any atom is 0.305 e. The van der Waals surface area contributed by atoms with Gasteiger partial charge >= 0.3 is 5.97 Å². The van der Waals surface area contributed by atoms with Crippen molar-refractivity contribution in [1.29, 1.82) is 0 Å². The van der Waals surface area contributed by atoms with Crippen LogP contribution in [0.1, 0.15) is 41.0 Å². The van der Waals surface area contributed by atoms with Crippen LogP contribution in [0.15, 0.2) is 30.3 Å². The normalized spacial score (nSPS) is 15.5. The van der Waals surface area contributed by atoms with Gasteiger partial charge in [0.2, 0.25) is 0 Å². The van der Waals surface area contributed by atoms with E-state index in [1.807, 2.05) is 6.92 Å². The van der Waals surface area contributed by atoms with Crippen molar-refractivity contribution in [1.82, 2.24) is 15.1 Å². The Morgan fingerprint density at radius 2 is 2.04 bits per heavy atom. The lowest BCUT2D eigenvalue weighted by Gasteiger charge is -2.41. The summed E-state index contributed by atoms with van der Waals surface area (Å²) in [5.41, 5.74) is 0.843. The number of aliphatic carboxylic acids is 1.